The van der Waals surface area contributed by atoms with Crippen LogP contribution in [0.3, 0.4) is 0 Å². The maximum atomic E-state index is 5.81. The fourth-order valence-corrected chi connectivity index (χ4v) is 3.01. The molecule has 0 aliphatic carbocycles. The van der Waals surface area contributed by atoms with Gasteiger partial charge in [-0.05, 0) is 35.7 Å². The molecule has 2 aromatic carbocycles. The minimum Gasteiger partial charge on any atom is -0.271 e. The van der Waals surface area contributed by atoms with E-state index in [0.717, 1.165) is 26.5 Å². The molecule has 1 unspecified atom stereocenters. The second-order valence-electron chi connectivity index (χ2n) is 5.03. The lowest BCUT2D eigenvalue weighted by Crippen LogP contribution is -2.29. The van der Waals surface area contributed by atoms with Crippen molar-refractivity contribution in [2.45, 2.75) is 13.0 Å². The molecular weight excluding hydrogens is 326 g/mol. The van der Waals surface area contributed by atoms with E-state index < -0.39 is 0 Å². The van der Waals surface area contributed by atoms with Crippen molar-refractivity contribution in [2.75, 3.05) is 0 Å². The van der Waals surface area contributed by atoms with Crippen molar-refractivity contribution in [3.05, 3.63) is 75.9 Å². The van der Waals surface area contributed by atoms with Gasteiger partial charge in [-0.25, -0.2) is 5.43 Å². The van der Waals surface area contributed by atoms with Gasteiger partial charge in [0.25, 0.3) is 0 Å². The van der Waals surface area contributed by atoms with Gasteiger partial charge in [0.2, 0.25) is 0 Å². The van der Waals surface area contributed by atoms with Crippen molar-refractivity contribution in [1.82, 2.24) is 10.4 Å². The lowest BCUT2D eigenvalue weighted by molar-refractivity contribution is 0.634. The van der Waals surface area contributed by atoms with E-state index in [1.807, 2.05) is 12.1 Å². The largest absolute Gasteiger partial charge is 0.271 e. The Labute approximate surface area is 132 Å². The summed E-state index contributed by atoms with van der Waals surface area (Å²) in [5, 5.41) is 1.13. The lowest BCUT2D eigenvalue weighted by Gasteiger charge is -2.19. The van der Waals surface area contributed by atoms with Gasteiger partial charge in [0.05, 0.1) is 11.6 Å². The second kappa shape index (κ2) is 5.93. The first-order valence-electron chi connectivity index (χ1n) is 6.76. The van der Waals surface area contributed by atoms with Crippen LogP contribution < -0.4 is 11.3 Å². The van der Waals surface area contributed by atoms with Crippen molar-refractivity contribution in [1.29, 1.82) is 0 Å². The van der Waals surface area contributed by atoms with E-state index in [-0.39, 0.29) is 6.04 Å². The zero-order chi connectivity index (χ0) is 14.8. The molecule has 106 valence electrons. The van der Waals surface area contributed by atoms with E-state index in [1.165, 1.54) is 5.56 Å². The number of halogens is 1. The fourth-order valence-electron chi connectivity index (χ4n) is 2.52. The van der Waals surface area contributed by atoms with Crippen LogP contribution >= 0.6 is 15.9 Å². The molecule has 0 radical (unpaired) electrons. The summed E-state index contributed by atoms with van der Waals surface area (Å²) in [7, 11) is 0. The number of nitrogens with one attached hydrogen (secondary N) is 1. The maximum absolute atomic E-state index is 5.81. The van der Waals surface area contributed by atoms with Crippen molar-refractivity contribution in [3.8, 4) is 0 Å². The van der Waals surface area contributed by atoms with Gasteiger partial charge in [-0.1, -0.05) is 52.3 Å². The number of rotatable bonds is 3. The highest BCUT2D eigenvalue weighted by molar-refractivity contribution is 9.10. The molecule has 21 heavy (non-hydrogen) atoms. The molecule has 4 heteroatoms. The van der Waals surface area contributed by atoms with Gasteiger partial charge in [-0.15, -0.1) is 0 Å². The number of pyridine rings is 1. The molecule has 0 saturated carbocycles. The average Bonchev–Trinajstić information content (AvgIpc) is 2.52. The highest BCUT2D eigenvalue weighted by Gasteiger charge is 2.16. The Hall–Kier alpha value is -1.75. The van der Waals surface area contributed by atoms with Crippen LogP contribution in [-0.2, 0) is 0 Å². The molecule has 3 rings (SSSR count). The third-order valence-electron chi connectivity index (χ3n) is 3.66. The minimum atomic E-state index is -0.0781. The van der Waals surface area contributed by atoms with E-state index in [0.29, 0.717) is 0 Å². The second-order valence-corrected chi connectivity index (χ2v) is 5.83. The fraction of sp³-hybridized carbons (Fsp3) is 0.118. The van der Waals surface area contributed by atoms with Gasteiger partial charge in [0, 0.05) is 16.1 Å². The van der Waals surface area contributed by atoms with Crippen molar-refractivity contribution < 1.29 is 0 Å². The molecule has 0 amide bonds. The smallest absolute Gasteiger partial charge is 0.0721 e. The summed E-state index contributed by atoms with van der Waals surface area (Å²) >= 11 is 3.66. The Morgan fingerprint density at radius 2 is 2.00 bits per heavy atom. The van der Waals surface area contributed by atoms with Crippen LogP contribution in [0, 0.1) is 6.92 Å². The molecule has 3 aromatic rings. The molecule has 0 saturated heterocycles. The summed E-state index contributed by atoms with van der Waals surface area (Å²) in [6.45, 7) is 2.07. The summed E-state index contributed by atoms with van der Waals surface area (Å²) in [5.74, 6) is 5.81. The Morgan fingerprint density at radius 1 is 1.14 bits per heavy atom. The van der Waals surface area contributed by atoms with Crippen LogP contribution in [0.2, 0.25) is 0 Å². The Bertz CT molecular complexity index is 786. The van der Waals surface area contributed by atoms with Crippen molar-refractivity contribution >= 4 is 26.8 Å². The normalized spacial score (nSPS) is 12.5. The molecular formula is C17H16BrN3. The van der Waals surface area contributed by atoms with Crippen molar-refractivity contribution in [3.63, 3.8) is 0 Å². The number of hydrazine groups is 1. The molecule has 1 aromatic heterocycles. The van der Waals surface area contributed by atoms with Crippen molar-refractivity contribution in [2.24, 2.45) is 5.84 Å². The highest BCUT2D eigenvalue weighted by atomic mass is 79.9. The van der Waals surface area contributed by atoms with E-state index in [9.17, 15) is 0 Å². The Kier molecular flexibility index (Phi) is 4.01. The average molecular weight is 342 g/mol. The van der Waals surface area contributed by atoms with E-state index in [1.54, 1.807) is 6.20 Å². The van der Waals surface area contributed by atoms with Crippen LogP contribution in [0.1, 0.15) is 22.7 Å². The molecule has 3 N–H and O–H groups in total. The van der Waals surface area contributed by atoms with Gasteiger partial charge in [0.15, 0.2) is 0 Å². The predicted molar refractivity (Wildman–Crippen MR) is 89.8 cm³/mol. The molecule has 0 aliphatic heterocycles. The quantitative estimate of drug-likeness (QED) is 0.561. The van der Waals surface area contributed by atoms with Gasteiger partial charge in [0.1, 0.15) is 0 Å². The van der Waals surface area contributed by atoms with Gasteiger partial charge >= 0.3 is 0 Å². The maximum Gasteiger partial charge on any atom is 0.0721 e. The zero-order valence-electron chi connectivity index (χ0n) is 11.7. The monoisotopic (exact) mass is 341 g/mol. The SMILES string of the molecule is Cc1cccc(C(NN)c2ccc3cccnc3c2)c1Br. The minimum absolute atomic E-state index is 0.0781. The molecule has 0 spiro atoms. The molecule has 0 bridgehead atoms. The topological polar surface area (TPSA) is 50.9 Å². The number of fused-ring (bicyclic) bond motifs is 1. The van der Waals surface area contributed by atoms with Gasteiger partial charge < -0.3 is 0 Å². The van der Waals surface area contributed by atoms with E-state index >= 15 is 0 Å². The summed E-state index contributed by atoms with van der Waals surface area (Å²) in [5.41, 5.74) is 7.28. The summed E-state index contributed by atoms with van der Waals surface area (Å²) in [6, 6.07) is 16.3. The van der Waals surface area contributed by atoms with E-state index in [2.05, 4.69) is 69.7 Å². The summed E-state index contributed by atoms with van der Waals surface area (Å²) in [6.07, 6.45) is 1.81. The van der Waals surface area contributed by atoms with Crippen LogP contribution in [-0.4, -0.2) is 4.98 Å². The molecule has 1 atom stereocenters. The number of aromatic nitrogens is 1. The van der Waals surface area contributed by atoms with Gasteiger partial charge in [-0.2, -0.15) is 0 Å². The third-order valence-corrected chi connectivity index (χ3v) is 4.75. The standard InChI is InChI=1S/C17H16BrN3/c1-11-4-2-6-14(16(11)18)17(21-19)13-8-7-12-5-3-9-20-15(12)10-13/h2-10,17,21H,19H2,1H3. The predicted octanol–water partition coefficient (Wildman–Crippen LogP) is 3.86. The first kappa shape index (κ1) is 14.2. The number of hydrogen-bond acceptors (Lipinski definition) is 3. The molecule has 1 heterocycles. The number of benzene rings is 2. The first-order chi connectivity index (χ1) is 10.2. The van der Waals surface area contributed by atoms with E-state index in [4.69, 9.17) is 5.84 Å². The molecule has 0 fully saturated rings. The number of nitrogens with zero attached hydrogens (tertiary/aromatic N) is 1. The van der Waals surface area contributed by atoms with Crippen LogP contribution in [0.4, 0.5) is 0 Å². The number of hydrogen-bond donors (Lipinski definition) is 2. The van der Waals surface area contributed by atoms with Gasteiger partial charge in [-0.3, -0.25) is 10.8 Å². The number of nitrogens with two attached hydrogens (primary N) is 1. The first-order valence-corrected chi connectivity index (χ1v) is 7.56. The third kappa shape index (κ3) is 2.70. The van der Waals surface area contributed by atoms with Crippen LogP contribution in [0.15, 0.2) is 59.2 Å². The summed E-state index contributed by atoms with van der Waals surface area (Å²) in [4.78, 5) is 4.41. The zero-order valence-corrected chi connectivity index (χ0v) is 13.3. The highest BCUT2D eigenvalue weighted by Crippen LogP contribution is 2.31. The Morgan fingerprint density at radius 3 is 2.81 bits per heavy atom. The Balaban J connectivity index is 2.11. The van der Waals surface area contributed by atoms with Crippen LogP contribution in [0.5, 0.6) is 0 Å². The number of aryl methyl sites for hydroxylation is 1. The molecule has 3 nitrogen and oxygen atoms in total. The van der Waals surface area contributed by atoms with Crippen LogP contribution in [0.25, 0.3) is 10.9 Å². The summed E-state index contributed by atoms with van der Waals surface area (Å²) < 4.78 is 1.08. The lowest BCUT2D eigenvalue weighted by atomic mass is 9.97. The molecule has 0 aliphatic rings.